The maximum atomic E-state index is 5.49. The maximum Gasteiger partial charge on any atom is 0.122 e. The molecule has 4 nitrogen and oxygen atoms in total. The average molecular weight is 359 g/mol. The molecule has 2 saturated heterocycles. The number of fused-ring (bicyclic) bond motifs is 1. The molecular formula is C22H34N2O2. The standard InChI is InChI=1S/C22H34N2O2/c1-25-19-13-17(14-20(15-19)26-2)16-24-12-11-23-10-6-9-21(23)22(24)18-7-4-3-5-8-18/h13-15,18,21-22H,3-12,16H2,1-2H3/t21-,22+/m0/s1. The average Bonchev–Trinajstić information content (AvgIpc) is 3.17. The van der Waals surface area contributed by atoms with Crippen LogP contribution in [0.1, 0.15) is 50.5 Å². The van der Waals surface area contributed by atoms with Crippen molar-refractivity contribution in [3.8, 4) is 11.5 Å². The Labute approximate surface area is 158 Å². The van der Waals surface area contributed by atoms with Crippen molar-refractivity contribution in [3.63, 3.8) is 0 Å². The van der Waals surface area contributed by atoms with E-state index in [4.69, 9.17) is 9.47 Å². The lowest BCUT2D eigenvalue weighted by Crippen LogP contribution is -2.59. The third kappa shape index (κ3) is 3.72. The molecule has 2 atom stereocenters. The van der Waals surface area contributed by atoms with E-state index in [1.807, 2.05) is 6.07 Å². The highest BCUT2D eigenvalue weighted by Gasteiger charge is 2.42. The minimum Gasteiger partial charge on any atom is -0.497 e. The van der Waals surface area contributed by atoms with Gasteiger partial charge in [0.15, 0.2) is 0 Å². The molecule has 26 heavy (non-hydrogen) atoms. The molecule has 0 aromatic heterocycles. The van der Waals surface area contributed by atoms with Gasteiger partial charge in [0.05, 0.1) is 14.2 Å². The maximum absolute atomic E-state index is 5.49. The Morgan fingerprint density at radius 3 is 2.27 bits per heavy atom. The second-order valence-electron chi connectivity index (χ2n) is 8.33. The summed E-state index contributed by atoms with van der Waals surface area (Å²) >= 11 is 0. The topological polar surface area (TPSA) is 24.9 Å². The molecule has 3 aliphatic rings. The number of rotatable bonds is 5. The van der Waals surface area contributed by atoms with Crippen LogP contribution in [0.5, 0.6) is 11.5 Å². The van der Waals surface area contributed by atoms with Gasteiger partial charge in [-0.05, 0) is 55.8 Å². The smallest absolute Gasteiger partial charge is 0.122 e. The van der Waals surface area contributed by atoms with Crippen LogP contribution in [-0.4, -0.2) is 55.7 Å². The molecule has 1 aliphatic carbocycles. The van der Waals surface area contributed by atoms with Gasteiger partial charge in [-0.3, -0.25) is 9.80 Å². The summed E-state index contributed by atoms with van der Waals surface area (Å²) in [5.41, 5.74) is 1.31. The summed E-state index contributed by atoms with van der Waals surface area (Å²) in [7, 11) is 3.47. The Morgan fingerprint density at radius 2 is 1.58 bits per heavy atom. The number of hydrogen-bond donors (Lipinski definition) is 0. The van der Waals surface area contributed by atoms with E-state index < -0.39 is 0 Å². The number of nitrogens with zero attached hydrogens (tertiary/aromatic N) is 2. The summed E-state index contributed by atoms with van der Waals surface area (Å²) in [4.78, 5) is 5.57. The highest BCUT2D eigenvalue weighted by atomic mass is 16.5. The van der Waals surface area contributed by atoms with E-state index in [0.29, 0.717) is 0 Å². The van der Waals surface area contributed by atoms with Gasteiger partial charge in [0, 0.05) is 37.8 Å². The molecule has 0 radical (unpaired) electrons. The molecule has 4 rings (SSSR count). The van der Waals surface area contributed by atoms with E-state index in [2.05, 4.69) is 21.9 Å². The highest BCUT2D eigenvalue weighted by Crippen LogP contribution is 2.38. The number of ether oxygens (including phenoxy) is 2. The zero-order valence-corrected chi connectivity index (χ0v) is 16.5. The third-order valence-corrected chi connectivity index (χ3v) is 6.83. The SMILES string of the molecule is COc1cc(CN2CCN3CCC[C@H]3[C@H]2C2CCCCC2)cc(OC)c1. The Bertz CT molecular complexity index is 578. The molecule has 0 amide bonds. The van der Waals surface area contributed by atoms with Gasteiger partial charge in [-0.2, -0.15) is 0 Å². The predicted molar refractivity (Wildman–Crippen MR) is 105 cm³/mol. The Kier molecular flexibility index (Phi) is 5.70. The van der Waals surface area contributed by atoms with E-state index >= 15 is 0 Å². The monoisotopic (exact) mass is 358 g/mol. The van der Waals surface area contributed by atoms with Crippen molar-refractivity contribution in [2.24, 2.45) is 5.92 Å². The van der Waals surface area contributed by atoms with Crippen molar-refractivity contribution < 1.29 is 9.47 Å². The van der Waals surface area contributed by atoms with Gasteiger partial charge in [0.25, 0.3) is 0 Å². The van der Waals surface area contributed by atoms with Gasteiger partial charge < -0.3 is 9.47 Å². The van der Waals surface area contributed by atoms with E-state index in [9.17, 15) is 0 Å². The molecule has 1 saturated carbocycles. The molecule has 0 bridgehead atoms. The first kappa shape index (κ1) is 18.1. The fourth-order valence-electron chi connectivity index (χ4n) is 5.63. The summed E-state index contributed by atoms with van der Waals surface area (Å²) in [6, 6.07) is 7.84. The zero-order valence-electron chi connectivity index (χ0n) is 16.5. The van der Waals surface area contributed by atoms with Crippen LogP contribution in [0, 0.1) is 5.92 Å². The summed E-state index contributed by atoms with van der Waals surface area (Å²) in [5.74, 6) is 2.67. The van der Waals surface area contributed by atoms with Crippen LogP contribution in [0.2, 0.25) is 0 Å². The molecule has 3 fully saturated rings. The molecule has 144 valence electrons. The number of hydrogen-bond acceptors (Lipinski definition) is 4. The molecule has 1 aromatic carbocycles. The van der Waals surface area contributed by atoms with Crippen LogP contribution in [0.4, 0.5) is 0 Å². The van der Waals surface area contributed by atoms with E-state index in [0.717, 1.165) is 36.0 Å². The zero-order chi connectivity index (χ0) is 17.9. The van der Waals surface area contributed by atoms with E-state index in [1.165, 1.54) is 70.1 Å². The Morgan fingerprint density at radius 1 is 0.846 bits per heavy atom. The molecule has 0 N–H and O–H groups in total. The minimum atomic E-state index is 0.726. The Hall–Kier alpha value is -1.26. The normalized spacial score (nSPS) is 28.1. The van der Waals surface area contributed by atoms with Gasteiger partial charge >= 0.3 is 0 Å². The predicted octanol–water partition coefficient (Wildman–Crippen LogP) is 3.93. The highest BCUT2D eigenvalue weighted by molar-refractivity contribution is 5.38. The summed E-state index contributed by atoms with van der Waals surface area (Å²) in [6.07, 6.45) is 9.90. The van der Waals surface area contributed by atoms with Crippen molar-refractivity contribution in [2.45, 2.75) is 63.6 Å². The van der Waals surface area contributed by atoms with E-state index in [-0.39, 0.29) is 0 Å². The van der Waals surface area contributed by atoms with Gasteiger partial charge in [0.2, 0.25) is 0 Å². The first-order valence-corrected chi connectivity index (χ1v) is 10.5. The molecule has 2 aliphatic heterocycles. The van der Waals surface area contributed by atoms with Crippen LogP contribution in [0.3, 0.4) is 0 Å². The molecule has 4 heteroatoms. The lowest BCUT2D eigenvalue weighted by Gasteiger charge is -2.49. The summed E-state index contributed by atoms with van der Waals surface area (Å²) < 4.78 is 11.0. The minimum absolute atomic E-state index is 0.726. The quantitative estimate of drug-likeness (QED) is 0.796. The lowest BCUT2D eigenvalue weighted by molar-refractivity contribution is -0.00384. The Balaban J connectivity index is 1.57. The van der Waals surface area contributed by atoms with E-state index in [1.54, 1.807) is 14.2 Å². The lowest BCUT2D eigenvalue weighted by atomic mass is 9.78. The van der Waals surface area contributed by atoms with Crippen molar-refractivity contribution in [1.82, 2.24) is 9.80 Å². The fraction of sp³-hybridized carbons (Fsp3) is 0.727. The molecule has 0 unspecified atom stereocenters. The van der Waals surface area contributed by atoms with Crippen molar-refractivity contribution in [2.75, 3.05) is 33.9 Å². The molecule has 1 aromatic rings. The van der Waals surface area contributed by atoms with Gasteiger partial charge in [0.1, 0.15) is 11.5 Å². The summed E-state index contributed by atoms with van der Waals surface area (Å²) in [6.45, 7) is 4.75. The van der Waals surface area contributed by atoms with Gasteiger partial charge in [-0.1, -0.05) is 19.3 Å². The van der Waals surface area contributed by atoms with Crippen LogP contribution < -0.4 is 9.47 Å². The molecule has 2 heterocycles. The fourth-order valence-corrected chi connectivity index (χ4v) is 5.63. The van der Waals surface area contributed by atoms with Crippen LogP contribution >= 0.6 is 0 Å². The number of methoxy groups -OCH3 is 2. The third-order valence-electron chi connectivity index (χ3n) is 6.83. The van der Waals surface area contributed by atoms with Crippen molar-refractivity contribution in [3.05, 3.63) is 23.8 Å². The van der Waals surface area contributed by atoms with Crippen LogP contribution in [-0.2, 0) is 6.54 Å². The first-order valence-electron chi connectivity index (χ1n) is 10.5. The largest absolute Gasteiger partial charge is 0.497 e. The van der Waals surface area contributed by atoms with Crippen LogP contribution in [0.25, 0.3) is 0 Å². The second-order valence-corrected chi connectivity index (χ2v) is 8.33. The summed E-state index contributed by atoms with van der Waals surface area (Å²) in [5, 5.41) is 0. The number of benzene rings is 1. The van der Waals surface area contributed by atoms with Gasteiger partial charge in [-0.15, -0.1) is 0 Å². The first-order chi connectivity index (χ1) is 12.8. The van der Waals surface area contributed by atoms with Gasteiger partial charge in [-0.25, -0.2) is 0 Å². The van der Waals surface area contributed by atoms with Crippen molar-refractivity contribution in [1.29, 1.82) is 0 Å². The molecular weight excluding hydrogens is 324 g/mol. The number of piperazine rings is 1. The van der Waals surface area contributed by atoms with Crippen LogP contribution in [0.15, 0.2) is 18.2 Å². The van der Waals surface area contributed by atoms with Crippen molar-refractivity contribution >= 4 is 0 Å². The molecule has 0 spiro atoms. The second kappa shape index (κ2) is 8.18.